The quantitative estimate of drug-likeness (QED) is 0.935. The highest BCUT2D eigenvalue weighted by Crippen LogP contribution is 2.32. The van der Waals surface area contributed by atoms with Crippen LogP contribution in [0.4, 0.5) is 24.7 Å². The van der Waals surface area contributed by atoms with Crippen LogP contribution >= 0.6 is 0 Å². The Kier molecular flexibility index (Phi) is 3.76. The van der Waals surface area contributed by atoms with Crippen molar-refractivity contribution in [1.29, 1.82) is 0 Å². The van der Waals surface area contributed by atoms with Crippen LogP contribution in [-0.2, 0) is 6.18 Å². The van der Waals surface area contributed by atoms with E-state index < -0.39 is 11.9 Å². The molecule has 2 aromatic rings. The van der Waals surface area contributed by atoms with Gasteiger partial charge in [-0.05, 0) is 31.9 Å². The van der Waals surface area contributed by atoms with Crippen LogP contribution in [0.15, 0.2) is 18.3 Å². The van der Waals surface area contributed by atoms with E-state index in [1.54, 1.807) is 6.20 Å². The second kappa shape index (κ2) is 5.58. The Morgan fingerprint density at radius 2 is 1.91 bits per heavy atom. The zero-order chi connectivity index (χ0) is 15.7. The van der Waals surface area contributed by atoms with Crippen molar-refractivity contribution in [3.63, 3.8) is 0 Å². The molecule has 2 aromatic heterocycles. The van der Waals surface area contributed by atoms with Gasteiger partial charge in [-0.2, -0.15) is 18.3 Å². The summed E-state index contributed by atoms with van der Waals surface area (Å²) in [5.74, 6) is 0.266. The molecule has 0 aliphatic heterocycles. The Morgan fingerprint density at radius 3 is 2.50 bits per heavy atom. The molecule has 118 valence electrons. The van der Waals surface area contributed by atoms with Gasteiger partial charge in [0.25, 0.3) is 0 Å². The highest BCUT2D eigenvalue weighted by molar-refractivity contribution is 5.57. The van der Waals surface area contributed by atoms with Gasteiger partial charge < -0.3 is 5.32 Å². The lowest BCUT2D eigenvalue weighted by Crippen LogP contribution is -2.10. The molecule has 0 spiro atoms. The van der Waals surface area contributed by atoms with Gasteiger partial charge in [0.05, 0.1) is 23.6 Å². The Bertz CT molecular complexity index is 641. The first-order chi connectivity index (χ1) is 10.4. The molecule has 0 aromatic carbocycles. The summed E-state index contributed by atoms with van der Waals surface area (Å²) in [6, 6.07) is 2.59. The van der Waals surface area contributed by atoms with Crippen LogP contribution in [0.2, 0.25) is 0 Å². The molecule has 1 saturated carbocycles. The summed E-state index contributed by atoms with van der Waals surface area (Å²) < 4.78 is 39.3. The lowest BCUT2D eigenvalue weighted by atomic mass is 10.2. The first kappa shape index (κ1) is 14.8. The number of nitrogens with one attached hydrogen (secondary N) is 1. The lowest BCUT2D eigenvalue weighted by Gasteiger charge is -2.13. The first-order valence-electron chi connectivity index (χ1n) is 7.17. The van der Waals surface area contributed by atoms with Crippen molar-refractivity contribution in [2.45, 2.75) is 44.8 Å². The SMILES string of the molecule is Cc1c(Nc2ccc(C(F)(F)F)nn2)cnn1C1CCCC1. The molecular weight excluding hydrogens is 295 g/mol. The third-order valence-electron chi connectivity index (χ3n) is 3.93. The average molecular weight is 311 g/mol. The van der Waals surface area contributed by atoms with E-state index in [0.29, 0.717) is 6.04 Å². The first-order valence-corrected chi connectivity index (χ1v) is 7.17. The van der Waals surface area contributed by atoms with Crippen LogP contribution in [0, 0.1) is 6.92 Å². The number of rotatable bonds is 3. The number of anilines is 2. The van der Waals surface area contributed by atoms with Gasteiger partial charge in [0, 0.05) is 0 Å². The Morgan fingerprint density at radius 1 is 1.18 bits per heavy atom. The van der Waals surface area contributed by atoms with Crippen molar-refractivity contribution in [3.8, 4) is 0 Å². The predicted octanol–water partition coefficient (Wildman–Crippen LogP) is 3.86. The number of nitrogens with zero attached hydrogens (tertiary/aromatic N) is 4. The number of hydrogen-bond donors (Lipinski definition) is 1. The van der Waals surface area contributed by atoms with E-state index in [-0.39, 0.29) is 5.82 Å². The minimum atomic E-state index is -4.48. The van der Waals surface area contributed by atoms with E-state index in [0.717, 1.165) is 30.3 Å². The Balaban J connectivity index is 1.76. The maximum atomic E-state index is 12.5. The summed E-state index contributed by atoms with van der Waals surface area (Å²) in [6.07, 6.45) is 1.83. The average Bonchev–Trinajstić information content (AvgIpc) is 3.09. The van der Waals surface area contributed by atoms with Crippen molar-refractivity contribution < 1.29 is 13.2 Å². The minimum absolute atomic E-state index is 0.266. The molecule has 2 heterocycles. The summed E-state index contributed by atoms with van der Waals surface area (Å²) in [4.78, 5) is 0. The monoisotopic (exact) mass is 311 g/mol. The molecule has 0 amide bonds. The lowest BCUT2D eigenvalue weighted by molar-refractivity contribution is -0.141. The second-order valence-corrected chi connectivity index (χ2v) is 5.45. The van der Waals surface area contributed by atoms with Crippen molar-refractivity contribution in [3.05, 3.63) is 29.7 Å². The van der Waals surface area contributed by atoms with Crippen LogP contribution in [0.25, 0.3) is 0 Å². The van der Waals surface area contributed by atoms with Crippen LogP contribution in [0.3, 0.4) is 0 Å². The molecule has 0 unspecified atom stereocenters. The molecular formula is C14H16F3N5. The van der Waals surface area contributed by atoms with Gasteiger partial charge in [-0.25, -0.2) is 0 Å². The maximum Gasteiger partial charge on any atom is 0.435 e. The predicted molar refractivity (Wildman–Crippen MR) is 74.8 cm³/mol. The molecule has 0 radical (unpaired) electrons. The van der Waals surface area contributed by atoms with Gasteiger partial charge in [0.15, 0.2) is 11.5 Å². The van der Waals surface area contributed by atoms with Gasteiger partial charge in [-0.1, -0.05) is 12.8 Å². The summed E-state index contributed by atoms with van der Waals surface area (Å²) in [7, 11) is 0. The molecule has 0 bridgehead atoms. The standard InChI is InChI=1S/C14H16F3N5/c1-9-11(8-18-22(9)10-4-2-3-5-10)19-13-7-6-12(20-21-13)14(15,16)17/h6-8,10H,2-5H2,1H3,(H,19,21). The molecule has 1 aliphatic carbocycles. The number of halogens is 3. The van der Waals surface area contributed by atoms with E-state index in [4.69, 9.17) is 0 Å². The van der Waals surface area contributed by atoms with Crippen molar-refractivity contribution >= 4 is 11.5 Å². The summed E-state index contributed by atoms with van der Waals surface area (Å²) in [5, 5.41) is 14.1. The van der Waals surface area contributed by atoms with Gasteiger partial charge in [0.1, 0.15) is 0 Å². The number of hydrogen-bond acceptors (Lipinski definition) is 4. The van der Waals surface area contributed by atoms with Crippen molar-refractivity contribution in [2.75, 3.05) is 5.32 Å². The number of alkyl halides is 3. The molecule has 0 saturated heterocycles. The normalized spacial score (nSPS) is 16.2. The van der Waals surface area contributed by atoms with Crippen LogP contribution in [-0.4, -0.2) is 20.0 Å². The molecule has 1 aliphatic rings. The van der Waals surface area contributed by atoms with Crippen LogP contribution in [0.1, 0.15) is 43.1 Å². The zero-order valence-corrected chi connectivity index (χ0v) is 12.1. The van der Waals surface area contributed by atoms with Gasteiger partial charge in [0.2, 0.25) is 0 Å². The highest BCUT2D eigenvalue weighted by Gasteiger charge is 2.32. The minimum Gasteiger partial charge on any atom is -0.336 e. The van der Waals surface area contributed by atoms with Gasteiger partial charge in [-0.15, -0.1) is 10.2 Å². The van der Waals surface area contributed by atoms with Crippen molar-refractivity contribution in [2.24, 2.45) is 0 Å². The summed E-state index contributed by atoms with van der Waals surface area (Å²) in [6.45, 7) is 1.94. The topological polar surface area (TPSA) is 55.6 Å². The molecule has 22 heavy (non-hydrogen) atoms. The Hall–Kier alpha value is -2.12. The summed E-state index contributed by atoms with van der Waals surface area (Å²) >= 11 is 0. The van der Waals surface area contributed by atoms with Gasteiger partial charge in [-0.3, -0.25) is 4.68 Å². The van der Waals surface area contributed by atoms with Crippen LogP contribution in [0.5, 0.6) is 0 Å². The fourth-order valence-electron chi connectivity index (χ4n) is 2.75. The van der Waals surface area contributed by atoms with E-state index in [1.165, 1.54) is 18.9 Å². The largest absolute Gasteiger partial charge is 0.435 e. The summed E-state index contributed by atoms with van der Waals surface area (Å²) in [5.41, 5.74) is 0.686. The number of aromatic nitrogens is 4. The maximum absolute atomic E-state index is 12.5. The van der Waals surface area contributed by atoms with E-state index >= 15 is 0 Å². The molecule has 3 rings (SSSR count). The molecule has 5 nitrogen and oxygen atoms in total. The molecule has 8 heteroatoms. The van der Waals surface area contributed by atoms with Gasteiger partial charge >= 0.3 is 6.18 Å². The third kappa shape index (κ3) is 2.90. The molecule has 1 fully saturated rings. The second-order valence-electron chi connectivity index (χ2n) is 5.45. The fourth-order valence-corrected chi connectivity index (χ4v) is 2.75. The Labute approximate surface area is 125 Å². The highest BCUT2D eigenvalue weighted by atomic mass is 19.4. The molecule has 0 atom stereocenters. The van der Waals surface area contributed by atoms with E-state index in [1.807, 2.05) is 11.6 Å². The van der Waals surface area contributed by atoms with E-state index in [2.05, 4.69) is 20.6 Å². The van der Waals surface area contributed by atoms with E-state index in [9.17, 15) is 13.2 Å². The third-order valence-corrected chi connectivity index (χ3v) is 3.93. The fraction of sp³-hybridized carbons (Fsp3) is 0.500. The molecule has 1 N–H and O–H groups in total. The zero-order valence-electron chi connectivity index (χ0n) is 12.1. The van der Waals surface area contributed by atoms with Crippen LogP contribution < -0.4 is 5.32 Å². The smallest absolute Gasteiger partial charge is 0.336 e. The van der Waals surface area contributed by atoms with Crippen molar-refractivity contribution in [1.82, 2.24) is 20.0 Å².